The minimum absolute atomic E-state index is 0.0512. The van der Waals surface area contributed by atoms with Gasteiger partial charge in [0.05, 0.1) is 16.6 Å². The Morgan fingerprint density at radius 2 is 1.19 bits per heavy atom. The van der Waals surface area contributed by atoms with Gasteiger partial charge in [-0.05, 0) is 90.8 Å². The van der Waals surface area contributed by atoms with Crippen molar-refractivity contribution in [2.45, 2.75) is 188 Å². The lowest BCUT2D eigenvalue weighted by molar-refractivity contribution is 0.0516. The number of fused-ring (bicyclic) bond motifs is 4. The molecule has 0 atom stereocenters. The zero-order valence-electron chi connectivity index (χ0n) is 42.5. The van der Waals surface area contributed by atoms with Crippen molar-refractivity contribution in [1.82, 2.24) is 20.2 Å². The molecule has 364 valence electrons. The van der Waals surface area contributed by atoms with Gasteiger partial charge in [-0.15, -0.1) is 0 Å². The highest BCUT2D eigenvalue weighted by atomic mass is 16.2. The normalized spacial score (nSPS) is 14.2. The lowest BCUT2D eigenvalue weighted by atomic mass is 9.81. The summed E-state index contributed by atoms with van der Waals surface area (Å²) in [7, 11) is 0. The number of carbonyl (C=O) groups excluding carboxylic acids is 3. The standard InChI is InChI=1S/C61H77N5O3/c1-6-10-14-21-29-42(30-22-15-11-7-2)62-59(67)55-50-40(5)49(65-37-25-26-38-65)39-48-44-33-35-46-52-47(61(69)66(60(46)68)43(31-23-16-12-8-3)32-24-17-13-9-4)36-34-45(51(44)52)54(53(48)50)56-57(55)64-58(63-56)41-27-19-18-20-28-41/h18-20,27-28,33-36,39,42-43H,6-17,21-26,29-32,37-38H2,1-5H3,(H,62,67)(H,63,64). The molecular weight excluding hydrogens is 851 g/mol. The minimum Gasteiger partial charge on any atom is -0.371 e. The fraction of sp³-hybridized carbons (Fsp3) is 0.508. The number of rotatable bonds is 25. The molecule has 0 unspecified atom stereocenters. The summed E-state index contributed by atoms with van der Waals surface area (Å²) in [6.45, 7) is 13.1. The van der Waals surface area contributed by atoms with Crippen molar-refractivity contribution in [3.63, 3.8) is 0 Å². The topological polar surface area (TPSA) is 98.4 Å². The van der Waals surface area contributed by atoms with Gasteiger partial charge in [0, 0.05) is 69.1 Å². The van der Waals surface area contributed by atoms with E-state index in [1.54, 1.807) is 4.90 Å². The molecule has 0 bridgehead atoms. The summed E-state index contributed by atoms with van der Waals surface area (Å²) in [5.41, 5.74) is 6.52. The number of nitrogens with zero attached hydrogens (tertiary/aromatic N) is 3. The highest BCUT2D eigenvalue weighted by molar-refractivity contribution is 6.43. The van der Waals surface area contributed by atoms with Crippen LogP contribution in [0.15, 0.2) is 60.7 Å². The molecule has 7 aromatic rings. The van der Waals surface area contributed by atoms with E-state index in [4.69, 9.17) is 4.98 Å². The number of carbonyl (C=O) groups is 3. The first-order chi connectivity index (χ1) is 33.8. The first-order valence-electron chi connectivity index (χ1n) is 27.4. The molecule has 2 aliphatic heterocycles. The predicted molar refractivity (Wildman–Crippen MR) is 290 cm³/mol. The molecule has 0 saturated carbocycles. The summed E-state index contributed by atoms with van der Waals surface area (Å²) < 4.78 is 0. The number of hydrogen-bond acceptors (Lipinski definition) is 5. The van der Waals surface area contributed by atoms with Gasteiger partial charge in [-0.3, -0.25) is 19.3 Å². The molecule has 69 heavy (non-hydrogen) atoms. The number of hydrogen-bond donors (Lipinski definition) is 2. The largest absolute Gasteiger partial charge is 0.371 e. The number of imide groups is 1. The third-order valence-corrected chi connectivity index (χ3v) is 15.9. The summed E-state index contributed by atoms with van der Waals surface area (Å²) in [6.07, 6.45) is 24.0. The number of H-pyrrole nitrogens is 1. The molecule has 3 amide bonds. The van der Waals surface area contributed by atoms with Gasteiger partial charge >= 0.3 is 0 Å². The van der Waals surface area contributed by atoms with Crippen LogP contribution in [-0.4, -0.2) is 57.8 Å². The van der Waals surface area contributed by atoms with Crippen molar-refractivity contribution in [2.24, 2.45) is 0 Å². The van der Waals surface area contributed by atoms with Crippen LogP contribution in [0.5, 0.6) is 0 Å². The van der Waals surface area contributed by atoms with E-state index in [9.17, 15) is 0 Å². The Morgan fingerprint density at radius 1 is 0.623 bits per heavy atom. The molecule has 6 aromatic carbocycles. The Kier molecular flexibility index (Phi) is 15.5. The third kappa shape index (κ3) is 9.46. The number of amides is 3. The maximum atomic E-state index is 15.6. The number of anilines is 1. The van der Waals surface area contributed by atoms with E-state index in [0.29, 0.717) is 22.5 Å². The Bertz CT molecular complexity index is 2880. The Labute approximate surface area is 410 Å². The Hall–Kier alpha value is -5.50. The van der Waals surface area contributed by atoms with Crippen molar-refractivity contribution in [3.05, 3.63) is 82.9 Å². The van der Waals surface area contributed by atoms with Crippen LogP contribution in [0, 0.1) is 6.92 Å². The van der Waals surface area contributed by atoms with E-state index >= 15 is 14.4 Å². The van der Waals surface area contributed by atoms with Crippen LogP contribution in [0.1, 0.15) is 206 Å². The predicted octanol–water partition coefficient (Wildman–Crippen LogP) is 16.1. The van der Waals surface area contributed by atoms with Crippen LogP contribution in [-0.2, 0) is 0 Å². The number of nitrogens with one attached hydrogen (secondary N) is 2. The summed E-state index contributed by atoms with van der Waals surface area (Å²) in [6, 6.07) is 20.7. The number of aryl methyl sites for hydroxylation is 1. The van der Waals surface area contributed by atoms with Crippen molar-refractivity contribution in [1.29, 1.82) is 0 Å². The number of imidazole rings is 1. The SMILES string of the molecule is CCCCCCC(CCCCCC)NC(=O)c1c2[nH]c(-c3ccccc3)nc2c2c3ccc4c5c(ccc(c6cc(N7CCCC7)c(C)c1c62)c53)C(=O)N(C(CCCCCC)CCCCCC)C4=O. The molecule has 1 fully saturated rings. The zero-order chi connectivity index (χ0) is 48.0. The first-order valence-corrected chi connectivity index (χ1v) is 27.4. The molecule has 2 N–H and O–H groups in total. The molecule has 3 heterocycles. The van der Waals surface area contributed by atoms with Crippen LogP contribution >= 0.6 is 0 Å². The van der Waals surface area contributed by atoms with Crippen LogP contribution in [0.4, 0.5) is 5.69 Å². The monoisotopic (exact) mass is 928 g/mol. The Morgan fingerprint density at radius 3 is 1.77 bits per heavy atom. The molecule has 1 aromatic heterocycles. The highest BCUT2D eigenvalue weighted by Gasteiger charge is 2.39. The van der Waals surface area contributed by atoms with Gasteiger partial charge < -0.3 is 15.2 Å². The highest BCUT2D eigenvalue weighted by Crippen LogP contribution is 2.50. The second-order valence-corrected chi connectivity index (χ2v) is 20.7. The minimum atomic E-state index is -0.174. The first kappa shape index (κ1) is 48.5. The fourth-order valence-electron chi connectivity index (χ4n) is 12.2. The number of aromatic amines is 1. The van der Waals surface area contributed by atoms with Crippen molar-refractivity contribution in [2.75, 3.05) is 18.0 Å². The summed E-state index contributed by atoms with van der Waals surface area (Å²) >= 11 is 0. The van der Waals surface area contributed by atoms with Gasteiger partial charge in [0.1, 0.15) is 5.82 Å². The lowest BCUT2D eigenvalue weighted by Crippen LogP contribution is -2.47. The molecule has 8 heteroatoms. The van der Waals surface area contributed by atoms with Crippen LogP contribution in [0.2, 0.25) is 0 Å². The summed E-state index contributed by atoms with van der Waals surface area (Å²) in [5.74, 6) is 0.308. The maximum Gasteiger partial charge on any atom is 0.261 e. The summed E-state index contributed by atoms with van der Waals surface area (Å²) in [5, 5.41) is 11.3. The molecule has 0 aliphatic carbocycles. The average molecular weight is 928 g/mol. The molecule has 0 spiro atoms. The number of aromatic nitrogens is 2. The van der Waals surface area contributed by atoms with Crippen molar-refractivity contribution < 1.29 is 14.4 Å². The number of unbranched alkanes of at least 4 members (excludes halogenated alkanes) is 12. The van der Waals surface area contributed by atoms with Gasteiger partial charge in [-0.2, -0.15) is 0 Å². The number of benzene rings is 6. The van der Waals surface area contributed by atoms with Gasteiger partial charge in [0.15, 0.2) is 0 Å². The van der Waals surface area contributed by atoms with Crippen LogP contribution in [0.3, 0.4) is 0 Å². The molecule has 9 rings (SSSR count). The van der Waals surface area contributed by atoms with Crippen molar-refractivity contribution in [3.8, 4) is 11.4 Å². The van der Waals surface area contributed by atoms with Crippen LogP contribution in [0.25, 0.3) is 65.5 Å². The maximum absolute atomic E-state index is 15.6. The zero-order valence-corrected chi connectivity index (χ0v) is 42.5. The van der Waals surface area contributed by atoms with Crippen LogP contribution < -0.4 is 10.2 Å². The summed E-state index contributed by atoms with van der Waals surface area (Å²) in [4.78, 5) is 59.1. The van der Waals surface area contributed by atoms with Gasteiger partial charge in [-0.1, -0.05) is 173 Å². The van der Waals surface area contributed by atoms with E-state index in [2.05, 4.69) is 80.2 Å². The van der Waals surface area contributed by atoms with E-state index in [1.807, 2.05) is 30.3 Å². The van der Waals surface area contributed by atoms with Crippen molar-refractivity contribution >= 4 is 77.5 Å². The third-order valence-electron chi connectivity index (χ3n) is 15.9. The van der Waals surface area contributed by atoms with E-state index in [1.165, 1.54) is 38.5 Å². The fourth-order valence-corrected chi connectivity index (χ4v) is 12.2. The molecule has 1 saturated heterocycles. The molecular formula is C61H77N5O3. The lowest BCUT2D eigenvalue weighted by Gasteiger charge is -2.35. The second-order valence-electron chi connectivity index (χ2n) is 20.7. The Balaban J connectivity index is 1.28. The van der Waals surface area contributed by atoms with Gasteiger partial charge in [-0.25, -0.2) is 4.98 Å². The molecule has 8 nitrogen and oxygen atoms in total. The second kappa shape index (κ2) is 22.1. The van der Waals surface area contributed by atoms with Gasteiger partial charge in [0.25, 0.3) is 17.7 Å². The molecule has 0 radical (unpaired) electrons. The smallest absolute Gasteiger partial charge is 0.261 e. The molecule has 2 aliphatic rings. The van der Waals surface area contributed by atoms with E-state index in [-0.39, 0.29) is 29.8 Å². The average Bonchev–Trinajstić information content (AvgIpc) is 4.07. The van der Waals surface area contributed by atoms with E-state index < -0.39 is 0 Å². The van der Waals surface area contributed by atoms with Gasteiger partial charge in [0.2, 0.25) is 0 Å². The van der Waals surface area contributed by atoms with E-state index in [0.717, 1.165) is 187 Å². The quantitative estimate of drug-likeness (QED) is 0.0257.